The van der Waals surface area contributed by atoms with Crippen molar-refractivity contribution < 1.29 is 19.4 Å². The summed E-state index contributed by atoms with van der Waals surface area (Å²) in [4.78, 5) is 12.6. The van der Waals surface area contributed by atoms with Crippen molar-refractivity contribution in [3.63, 3.8) is 0 Å². The number of hydrogen-bond acceptors (Lipinski definition) is 5. The van der Waals surface area contributed by atoms with Crippen molar-refractivity contribution in [2.45, 2.75) is 38.0 Å². The molecule has 0 saturated heterocycles. The first kappa shape index (κ1) is 19.6. The van der Waals surface area contributed by atoms with Gasteiger partial charge in [-0.3, -0.25) is 4.79 Å². The number of nitrogens with one attached hydrogen (secondary N) is 1. The minimum Gasteiger partial charge on any atom is -0.459 e. The third-order valence-corrected chi connectivity index (χ3v) is 5.11. The third-order valence-electron chi connectivity index (χ3n) is 4.40. The maximum absolute atomic E-state index is 12.6. The van der Waals surface area contributed by atoms with E-state index in [9.17, 15) is 4.79 Å². The van der Waals surface area contributed by atoms with Crippen molar-refractivity contribution >= 4 is 17.2 Å². The van der Waals surface area contributed by atoms with E-state index in [0.29, 0.717) is 31.8 Å². The van der Waals surface area contributed by atoms with Gasteiger partial charge < -0.3 is 19.9 Å². The summed E-state index contributed by atoms with van der Waals surface area (Å²) in [6.45, 7) is 1.10. The van der Waals surface area contributed by atoms with Gasteiger partial charge in [-0.2, -0.15) is 11.3 Å². The van der Waals surface area contributed by atoms with Crippen LogP contribution in [0.15, 0.2) is 59.0 Å². The molecule has 0 bridgehead atoms. The fraction of sp³-hybridized carbons (Fsp3) is 0.381. The molecule has 2 atom stereocenters. The summed E-state index contributed by atoms with van der Waals surface area (Å²) in [5.41, 5.74) is 2.20. The zero-order valence-electron chi connectivity index (χ0n) is 15.2. The summed E-state index contributed by atoms with van der Waals surface area (Å²) in [5, 5.41) is 15.9. The first-order valence-corrected chi connectivity index (χ1v) is 10.2. The molecule has 2 N–H and O–H groups in total. The van der Waals surface area contributed by atoms with Crippen LogP contribution in [0.1, 0.15) is 36.3 Å². The van der Waals surface area contributed by atoms with Crippen molar-refractivity contribution in [1.29, 1.82) is 0 Å². The zero-order valence-corrected chi connectivity index (χ0v) is 16.0. The Morgan fingerprint density at radius 1 is 1.26 bits per heavy atom. The summed E-state index contributed by atoms with van der Waals surface area (Å²) in [7, 11) is 0. The summed E-state index contributed by atoms with van der Waals surface area (Å²) < 4.78 is 11.6. The lowest BCUT2D eigenvalue weighted by molar-refractivity contribution is -0.146. The van der Waals surface area contributed by atoms with E-state index in [-0.39, 0.29) is 18.4 Å². The van der Waals surface area contributed by atoms with E-state index in [0.717, 1.165) is 12.0 Å². The molecule has 0 fully saturated rings. The van der Waals surface area contributed by atoms with Crippen molar-refractivity contribution in [2.75, 3.05) is 13.2 Å². The summed E-state index contributed by atoms with van der Waals surface area (Å²) in [5.74, 6) is 0.161. The number of benzene rings is 1. The van der Waals surface area contributed by atoms with Gasteiger partial charge in [-0.1, -0.05) is 30.3 Å². The average Bonchev–Trinajstić information content (AvgIpc) is 3.25. The summed E-state index contributed by atoms with van der Waals surface area (Å²) in [6.07, 6.45) is 3.55. The van der Waals surface area contributed by atoms with Gasteiger partial charge >= 0.3 is 0 Å². The van der Waals surface area contributed by atoms with Crippen LogP contribution in [0.5, 0.6) is 0 Å². The molecule has 2 aromatic rings. The quantitative estimate of drug-likeness (QED) is 0.646. The molecule has 1 aliphatic rings. The number of allylic oxidation sites excluding steroid dienone is 1. The van der Waals surface area contributed by atoms with E-state index in [4.69, 9.17) is 14.6 Å². The van der Waals surface area contributed by atoms with E-state index in [1.165, 1.54) is 5.56 Å². The molecular weight excluding hydrogens is 362 g/mol. The number of carbonyl (C=O) groups is 1. The molecule has 1 amide bonds. The van der Waals surface area contributed by atoms with Gasteiger partial charge in [0.15, 0.2) is 5.76 Å². The van der Waals surface area contributed by atoms with Crippen LogP contribution >= 0.6 is 11.3 Å². The predicted octanol–water partition coefficient (Wildman–Crippen LogP) is 3.57. The van der Waals surface area contributed by atoms with Crippen LogP contribution in [-0.2, 0) is 20.8 Å². The topological polar surface area (TPSA) is 67.8 Å². The van der Waals surface area contributed by atoms with Gasteiger partial charge in [0, 0.05) is 25.5 Å². The maximum Gasteiger partial charge on any atom is 0.286 e. The molecule has 5 nitrogen and oxygen atoms in total. The number of aliphatic hydroxyl groups excluding tert-OH is 1. The highest BCUT2D eigenvalue weighted by Crippen LogP contribution is 2.32. The minimum atomic E-state index is -0.462. The number of amides is 1. The second-order valence-electron chi connectivity index (χ2n) is 6.45. The monoisotopic (exact) mass is 387 g/mol. The molecule has 0 spiro atoms. The van der Waals surface area contributed by atoms with Gasteiger partial charge in [0.2, 0.25) is 6.29 Å². The molecule has 1 aromatic carbocycles. The number of carbonyl (C=O) groups excluding carboxylic acids is 1. The van der Waals surface area contributed by atoms with Crippen molar-refractivity contribution in [1.82, 2.24) is 5.32 Å². The van der Waals surface area contributed by atoms with Gasteiger partial charge in [0.1, 0.15) is 0 Å². The van der Waals surface area contributed by atoms with Gasteiger partial charge in [-0.25, -0.2) is 0 Å². The van der Waals surface area contributed by atoms with E-state index in [1.807, 2.05) is 41.8 Å². The molecule has 27 heavy (non-hydrogen) atoms. The van der Waals surface area contributed by atoms with Crippen molar-refractivity contribution in [3.05, 3.63) is 70.1 Å². The lowest BCUT2D eigenvalue weighted by atomic mass is 9.95. The van der Waals surface area contributed by atoms with Crippen LogP contribution < -0.4 is 5.32 Å². The number of rotatable bonds is 9. The SMILES string of the molecule is O=C(NCc1ccccc1)C1=C[C@H](c2ccsc2)C[C@H](OCCCCO)O1. The number of ether oxygens (including phenoxy) is 2. The second kappa shape index (κ2) is 10.3. The number of thiophene rings is 1. The summed E-state index contributed by atoms with van der Waals surface area (Å²) >= 11 is 1.64. The van der Waals surface area contributed by atoms with Crippen LogP contribution in [-0.4, -0.2) is 30.5 Å². The highest BCUT2D eigenvalue weighted by atomic mass is 32.1. The van der Waals surface area contributed by atoms with Crippen LogP contribution in [0, 0.1) is 0 Å². The summed E-state index contributed by atoms with van der Waals surface area (Å²) in [6, 6.07) is 11.8. The Morgan fingerprint density at radius 3 is 2.85 bits per heavy atom. The van der Waals surface area contributed by atoms with Crippen LogP contribution in [0.2, 0.25) is 0 Å². The number of aliphatic hydroxyl groups is 1. The Labute approximate surface area is 163 Å². The fourth-order valence-corrected chi connectivity index (χ4v) is 3.66. The fourth-order valence-electron chi connectivity index (χ4n) is 2.93. The standard InChI is InChI=1S/C21H25NO4S/c23-9-4-5-10-25-20-13-18(17-8-11-27-15-17)12-19(26-20)21(24)22-14-16-6-2-1-3-7-16/h1-3,6-8,11-12,15,18,20,23H,4-5,9-10,13-14H2,(H,22,24)/t18-,20+/m0/s1. The van der Waals surface area contributed by atoms with Gasteiger partial charge in [-0.05, 0) is 46.9 Å². The normalized spacial score (nSPS) is 19.2. The minimum absolute atomic E-state index is 0.0883. The lowest BCUT2D eigenvalue weighted by Gasteiger charge is -2.29. The molecule has 6 heteroatoms. The Bertz CT molecular complexity index is 730. The van der Waals surface area contributed by atoms with E-state index >= 15 is 0 Å². The van der Waals surface area contributed by atoms with E-state index in [2.05, 4.69) is 16.8 Å². The first-order chi connectivity index (χ1) is 13.3. The molecule has 1 aromatic heterocycles. The highest BCUT2D eigenvalue weighted by Gasteiger charge is 2.28. The Hall–Kier alpha value is -2.15. The largest absolute Gasteiger partial charge is 0.459 e. The van der Waals surface area contributed by atoms with Crippen molar-refractivity contribution in [3.8, 4) is 0 Å². The average molecular weight is 388 g/mol. The van der Waals surface area contributed by atoms with Gasteiger partial charge in [0.25, 0.3) is 5.91 Å². The van der Waals surface area contributed by atoms with Crippen LogP contribution in [0.25, 0.3) is 0 Å². The maximum atomic E-state index is 12.6. The molecule has 144 valence electrons. The Balaban J connectivity index is 1.63. The molecule has 2 heterocycles. The third kappa shape index (κ3) is 5.92. The smallest absolute Gasteiger partial charge is 0.286 e. The number of unbranched alkanes of at least 4 members (excludes halogenated alkanes) is 1. The van der Waals surface area contributed by atoms with Gasteiger partial charge in [0.05, 0.1) is 6.61 Å². The molecule has 0 radical (unpaired) electrons. The van der Waals surface area contributed by atoms with E-state index in [1.54, 1.807) is 11.3 Å². The Morgan fingerprint density at radius 2 is 2.11 bits per heavy atom. The van der Waals surface area contributed by atoms with Crippen LogP contribution in [0.3, 0.4) is 0 Å². The Kier molecular flexibility index (Phi) is 7.45. The molecule has 0 unspecified atom stereocenters. The molecule has 0 aliphatic carbocycles. The van der Waals surface area contributed by atoms with Crippen molar-refractivity contribution in [2.24, 2.45) is 0 Å². The zero-order chi connectivity index (χ0) is 18.9. The molecular formula is C21H25NO4S. The second-order valence-corrected chi connectivity index (χ2v) is 7.23. The molecule has 0 saturated carbocycles. The molecule has 1 aliphatic heterocycles. The van der Waals surface area contributed by atoms with E-state index < -0.39 is 6.29 Å². The first-order valence-electron chi connectivity index (χ1n) is 9.21. The highest BCUT2D eigenvalue weighted by molar-refractivity contribution is 7.08. The molecule has 3 rings (SSSR count). The predicted molar refractivity (Wildman–Crippen MR) is 105 cm³/mol. The lowest BCUT2D eigenvalue weighted by Crippen LogP contribution is -2.32. The van der Waals surface area contributed by atoms with Gasteiger partial charge in [-0.15, -0.1) is 0 Å². The van der Waals surface area contributed by atoms with Crippen LogP contribution in [0.4, 0.5) is 0 Å². The number of hydrogen-bond donors (Lipinski definition) is 2.